The van der Waals surface area contributed by atoms with Gasteiger partial charge in [0.15, 0.2) is 0 Å². The lowest BCUT2D eigenvalue weighted by atomic mass is 10.1. The van der Waals surface area contributed by atoms with E-state index in [1.165, 1.54) is 18.2 Å². The molecule has 0 aromatic heterocycles. The number of carbonyl (C=O) groups excluding carboxylic acids is 1. The molecule has 2 rings (SSSR count). The molecule has 1 aliphatic rings. The van der Waals surface area contributed by atoms with E-state index < -0.39 is 11.7 Å². The Kier molecular flexibility index (Phi) is 7.83. The SMILES string of the molecule is CC(COc1ccccc1C(F)(F)F)NC(=O)CC1CCCN1.Cl. The number of nitrogens with one attached hydrogen (secondary N) is 2. The summed E-state index contributed by atoms with van der Waals surface area (Å²) in [6.45, 7) is 2.61. The third-order valence-corrected chi connectivity index (χ3v) is 3.68. The average Bonchev–Trinajstić information content (AvgIpc) is 2.97. The minimum Gasteiger partial charge on any atom is -0.491 e. The lowest BCUT2D eigenvalue weighted by molar-refractivity contribution is -0.139. The Hall–Kier alpha value is -1.47. The maximum atomic E-state index is 12.9. The molecule has 1 fully saturated rings. The van der Waals surface area contributed by atoms with Crippen LogP contribution in [-0.2, 0) is 11.0 Å². The van der Waals surface area contributed by atoms with Crippen molar-refractivity contribution in [1.82, 2.24) is 10.6 Å². The predicted octanol–water partition coefficient (Wildman–Crippen LogP) is 3.15. The number of benzene rings is 1. The minimum absolute atomic E-state index is 0. The maximum absolute atomic E-state index is 12.9. The van der Waals surface area contributed by atoms with Crippen LogP contribution < -0.4 is 15.4 Å². The van der Waals surface area contributed by atoms with Gasteiger partial charge in [-0.05, 0) is 38.4 Å². The largest absolute Gasteiger partial charge is 0.491 e. The van der Waals surface area contributed by atoms with Crippen LogP contribution >= 0.6 is 12.4 Å². The Morgan fingerprint density at radius 1 is 1.42 bits per heavy atom. The van der Waals surface area contributed by atoms with Crippen molar-refractivity contribution >= 4 is 18.3 Å². The first kappa shape index (κ1) is 20.6. The minimum atomic E-state index is -4.46. The van der Waals surface area contributed by atoms with Crippen molar-refractivity contribution in [2.75, 3.05) is 13.2 Å². The number of rotatable bonds is 6. The van der Waals surface area contributed by atoms with E-state index in [4.69, 9.17) is 4.74 Å². The second-order valence-corrected chi connectivity index (χ2v) is 5.77. The van der Waals surface area contributed by atoms with Gasteiger partial charge in [0.05, 0.1) is 11.6 Å². The van der Waals surface area contributed by atoms with Crippen molar-refractivity contribution in [3.05, 3.63) is 29.8 Å². The monoisotopic (exact) mass is 366 g/mol. The van der Waals surface area contributed by atoms with Gasteiger partial charge in [0.25, 0.3) is 0 Å². The highest BCUT2D eigenvalue weighted by molar-refractivity contribution is 5.85. The quantitative estimate of drug-likeness (QED) is 0.813. The van der Waals surface area contributed by atoms with Crippen LogP contribution in [0.5, 0.6) is 5.75 Å². The summed E-state index contributed by atoms with van der Waals surface area (Å²) in [4.78, 5) is 11.9. The zero-order valence-electron chi connectivity index (χ0n) is 13.4. The summed E-state index contributed by atoms with van der Waals surface area (Å²) in [5.74, 6) is -0.344. The molecule has 2 N–H and O–H groups in total. The van der Waals surface area contributed by atoms with Gasteiger partial charge >= 0.3 is 6.18 Å². The number of alkyl halides is 3. The Bertz CT molecular complexity index is 534. The molecule has 0 bridgehead atoms. The zero-order chi connectivity index (χ0) is 16.9. The molecule has 4 nitrogen and oxygen atoms in total. The second-order valence-electron chi connectivity index (χ2n) is 5.77. The van der Waals surface area contributed by atoms with E-state index in [1.54, 1.807) is 6.92 Å². The third-order valence-electron chi connectivity index (χ3n) is 3.68. The highest BCUT2D eigenvalue weighted by Gasteiger charge is 2.34. The fraction of sp³-hybridized carbons (Fsp3) is 0.562. The van der Waals surface area contributed by atoms with Crippen molar-refractivity contribution < 1.29 is 22.7 Å². The first-order valence-corrected chi connectivity index (χ1v) is 7.68. The van der Waals surface area contributed by atoms with Crippen LogP contribution in [0, 0.1) is 0 Å². The van der Waals surface area contributed by atoms with Gasteiger partial charge in [-0.25, -0.2) is 0 Å². The Labute approximate surface area is 145 Å². The number of hydrogen-bond donors (Lipinski definition) is 2. The lowest BCUT2D eigenvalue weighted by Gasteiger charge is -2.18. The molecule has 1 aliphatic heterocycles. The highest BCUT2D eigenvalue weighted by atomic mass is 35.5. The van der Waals surface area contributed by atoms with E-state index in [2.05, 4.69) is 10.6 Å². The Balaban J connectivity index is 0.00000288. The van der Waals surface area contributed by atoms with E-state index in [9.17, 15) is 18.0 Å². The van der Waals surface area contributed by atoms with E-state index in [0.717, 1.165) is 25.5 Å². The number of halogens is 4. The van der Waals surface area contributed by atoms with Crippen LogP contribution in [0.1, 0.15) is 31.7 Å². The molecule has 1 aromatic carbocycles. The van der Waals surface area contributed by atoms with Crippen molar-refractivity contribution in [1.29, 1.82) is 0 Å². The summed E-state index contributed by atoms with van der Waals surface area (Å²) < 4.78 is 43.8. The molecular formula is C16H22ClF3N2O2. The molecule has 0 saturated carbocycles. The summed E-state index contributed by atoms with van der Waals surface area (Å²) >= 11 is 0. The van der Waals surface area contributed by atoms with E-state index in [1.807, 2.05) is 0 Å². The number of carbonyl (C=O) groups is 1. The van der Waals surface area contributed by atoms with Gasteiger partial charge in [-0.15, -0.1) is 12.4 Å². The first-order chi connectivity index (χ1) is 10.9. The molecule has 136 valence electrons. The van der Waals surface area contributed by atoms with Crippen molar-refractivity contribution in [2.24, 2.45) is 0 Å². The van der Waals surface area contributed by atoms with E-state index in [0.29, 0.717) is 6.42 Å². The van der Waals surface area contributed by atoms with Crippen molar-refractivity contribution in [3.63, 3.8) is 0 Å². The fourth-order valence-corrected chi connectivity index (χ4v) is 2.57. The molecule has 0 spiro atoms. The van der Waals surface area contributed by atoms with Gasteiger partial charge in [0.2, 0.25) is 5.91 Å². The summed E-state index contributed by atoms with van der Waals surface area (Å²) in [7, 11) is 0. The standard InChI is InChI=1S/C16H21F3N2O2.ClH/c1-11(21-15(22)9-12-5-4-8-20-12)10-23-14-7-3-2-6-13(14)16(17,18)19;/h2-3,6-7,11-12,20H,4-5,8-10H2,1H3,(H,21,22);1H. The predicted molar refractivity (Wildman–Crippen MR) is 87.4 cm³/mol. The number of para-hydroxylation sites is 1. The Morgan fingerprint density at radius 2 is 2.12 bits per heavy atom. The van der Waals surface area contributed by atoms with Crippen LogP contribution in [0.4, 0.5) is 13.2 Å². The molecule has 1 saturated heterocycles. The van der Waals surface area contributed by atoms with Gasteiger partial charge in [-0.1, -0.05) is 12.1 Å². The molecule has 0 aliphatic carbocycles. The fourth-order valence-electron chi connectivity index (χ4n) is 2.57. The van der Waals surface area contributed by atoms with Gasteiger partial charge in [0.1, 0.15) is 12.4 Å². The molecule has 1 heterocycles. The molecule has 8 heteroatoms. The molecular weight excluding hydrogens is 345 g/mol. The van der Waals surface area contributed by atoms with Crippen LogP contribution in [0.25, 0.3) is 0 Å². The lowest BCUT2D eigenvalue weighted by Crippen LogP contribution is -2.39. The number of amides is 1. The topological polar surface area (TPSA) is 50.4 Å². The summed E-state index contributed by atoms with van der Waals surface area (Å²) in [5, 5.41) is 5.98. The van der Waals surface area contributed by atoms with Gasteiger partial charge in [-0.3, -0.25) is 4.79 Å². The van der Waals surface area contributed by atoms with Crippen molar-refractivity contribution in [2.45, 2.75) is 44.4 Å². The molecule has 1 amide bonds. The third kappa shape index (κ3) is 6.20. The number of hydrogen-bond acceptors (Lipinski definition) is 3. The zero-order valence-corrected chi connectivity index (χ0v) is 14.2. The summed E-state index contributed by atoms with van der Waals surface area (Å²) in [6.07, 6.45) is -2.05. The molecule has 1 aromatic rings. The smallest absolute Gasteiger partial charge is 0.419 e. The number of ether oxygens (including phenoxy) is 1. The molecule has 2 atom stereocenters. The average molecular weight is 367 g/mol. The molecule has 2 unspecified atom stereocenters. The molecule has 24 heavy (non-hydrogen) atoms. The van der Waals surface area contributed by atoms with Crippen LogP contribution in [0.2, 0.25) is 0 Å². The highest BCUT2D eigenvalue weighted by Crippen LogP contribution is 2.35. The maximum Gasteiger partial charge on any atom is 0.419 e. The normalized spacial score (nSPS) is 18.6. The molecule has 0 radical (unpaired) electrons. The van der Waals surface area contributed by atoms with Crippen LogP contribution in [0.15, 0.2) is 24.3 Å². The second kappa shape index (κ2) is 9.13. The summed E-state index contributed by atoms with van der Waals surface area (Å²) in [5.41, 5.74) is -0.811. The summed E-state index contributed by atoms with van der Waals surface area (Å²) in [6, 6.07) is 4.87. The van der Waals surface area contributed by atoms with Gasteiger partial charge in [-0.2, -0.15) is 13.2 Å². The van der Waals surface area contributed by atoms with Gasteiger partial charge in [0, 0.05) is 12.5 Å². The van der Waals surface area contributed by atoms with Crippen LogP contribution in [0.3, 0.4) is 0 Å². The van der Waals surface area contributed by atoms with E-state index >= 15 is 0 Å². The first-order valence-electron chi connectivity index (χ1n) is 7.68. The van der Waals surface area contributed by atoms with E-state index in [-0.39, 0.29) is 42.8 Å². The Morgan fingerprint density at radius 3 is 2.75 bits per heavy atom. The van der Waals surface area contributed by atoms with Crippen molar-refractivity contribution in [3.8, 4) is 5.75 Å². The van der Waals surface area contributed by atoms with Gasteiger partial charge < -0.3 is 15.4 Å². The van der Waals surface area contributed by atoms with Crippen LogP contribution in [-0.4, -0.2) is 31.1 Å².